The van der Waals surface area contributed by atoms with Crippen LogP contribution in [0.3, 0.4) is 0 Å². The molecule has 38 heavy (non-hydrogen) atoms. The van der Waals surface area contributed by atoms with Crippen molar-refractivity contribution in [1.29, 1.82) is 0 Å². The van der Waals surface area contributed by atoms with E-state index < -0.39 is 33.6 Å². The second kappa shape index (κ2) is 9.42. The average Bonchev–Trinajstić information content (AvgIpc) is 3.22. The Morgan fingerprint density at radius 1 is 1.00 bits per heavy atom. The minimum absolute atomic E-state index is 0.0317. The van der Waals surface area contributed by atoms with Crippen LogP contribution >= 0.6 is 0 Å². The lowest BCUT2D eigenvalue weighted by atomic mass is 9.37. The zero-order valence-electron chi connectivity index (χ0n) is 23.9. The number of hydrogen-bond acceptors (Lipinski definition) is 7. The number of hydrogen-bond donors (Lipinski definition) is 3. The fraction of sp³-hybridized carbons (Fsp3) is 0.839. The molecule has 0 radical (unpaired) electrons. The smallest absolute Gasteiger partial charge is 0.305 e. The van der Waals surface area contributed by atoms with Gasteiger partial charge in [-0.15, -0.1) is 6.42 Å². The molecule has 0 bridgehead atoms. The highest BCUT2D eigenvalue weighted by atomic mass is 16.5. The molecule has 0 aromatic rings. The Labute approximate surface area is 227 Å². The third kappa shape index (κ3) is 3.92. The van der Waals surface area contributed by atoms with Crippen LogP contribution in [0, 0.1) is 58.7 Å². The molecule has 4 aliphatic rings. The molecule has 4 rings (SSSR count). The maximum atomic E-state index is 13.4. The first-order chi connectivity index (χ1) is 17.5. The number of Topliss-reactive ketones (excluding diaryl/α,β-unsaturated/α-hetero) is 2. The Hall–Kier alpha value is -1.75. The number of ketones is 2. The van der Waals surface area contributed by atoms with Crippen LogP contribution in [0.25, 0.3) is 0 Å². The molecule has 0 heterocycles. The van der Waals surface area contributed by atoms with Gasteiger partial charge in [-0.05, 0) is 100 Å². The van der Waals surface area contributed by atoms with E-state index >= 15 is 0 Å². The van der Waals surface area contributed by atoms with Gasteiger partial charge in [-0.1, -0.05) is 26.7 Å². The van der Waals surface area contributed by atoms with E-state index in [-0.39, 0.29) is 72.8 Å². The zero-order chi connectivity index (χ0) is 28.5. The summed E-state index contributed by atoms with van der Waals surface area (Å²) < 4.78 is 4.84. The lowest BCUT2D eigenvalue weighted by Gasteiger charge is -2.68. The number of ether oxygens (including phenoxy) is 1. The fourth-order valence-corrected chi connectivity index (χ4v) is 9.94. The lowest BCUT2D eigenvalue weighted by Crippen LogP contribution is -2.72. The van der Waals surface area contributed by atoms with E-state index in [0.717, 1.165) is 6.42 Å². The zero-order valence-corrected chi connectivity index (χ0v) is 23.9. The quantitative estimate of drug-likeness (QED) is 0.355. The first-order valence-corrected chi connectivity index (χ1v) is 14.3. The number of esters is 1. The Morgan fingerprint density at radius 3 is 2.21 bits per heavy atom. The lowest BCUT2D eigenvalue weighted by molar-refractivity contribution is -0.261. The van der Waals surface area contributed by atoms with Crippen LogP contribution in [0.4, 0.5) is 0 Å². The summed E-state index contributed by atoms with van der Waals surface area (Å²) in [6, 6.07) is 0. The van der Waals surface area contributed by atoms with Crippen LogP contribution in [-0.4, -0.2) is 56.8 Å². The molecular formula is C31H46O7. The second-order valence-electron chi connectivity index (χ2n) is 13.7. The number of fused-ring (bicyclic) bond motifs is 5. The van der Waals surface area contributed by atoms with Gasteiger partial charge in [-0.2, -0.15) is 0 Å². The molecule has 4 saturated carbocycles. The molecule has 0 aromatic heterocycles. The van der Waals surface area contributed by atoms with Gasteiger partial charge >= 0.3 is 5.97 Å². The largest absolute Gasteiger partial charge is 0.469 e. The predicted octanol–water partition coefficient (Wildman–Crippen LogP) is 3.46. The highest BCUT2D eigenvalue weighted by molar-refractivity contribution is 5.88. The monoisotopic (exact) mass is 530 g/mol. The van der Waals surface area contributed by atoms with Gasteiger partial charge in [-0.3, -0.25) is 14.4 Å². The Morgan fingerprint density at radius 2 is 1.66 bits per heavy atom. The van der Waals surface area contributed by atoms with Gasteiger partial charge in [0.25, 0.3) is 0 Å². The first-order valence-electron chi connectivity index (χ1n) is 14.3. The molecule has 0 amide bonds. The first kappa shape index (κ1) is 29.2. The van der Waals surface area contributed by atoms with Crippen LogP contribution < -0.4 is 0 Å². The van der Waals surface area contributed by atoms with Crippen molar-refractivity contribution in [1.82, 2.24) is 0 Å². The SMILES string of the molecule is C#C[C@@]1(O)CC[C@@]2(C)[C@@H](C1)C[C@](O)(C(C)=O)[C@@H]1[C@@H]2C[C@@](O)(C(C)=O)[C@]2(C)[C@@H]([C@H](C)CCC(=O)OC)CC[C@@H]12. The van der Waals surface area contributed by atoms with E-state index in [1.165, 1.54) is 21.0 Å². The highest BCUT2D eigenvalue weighted by Crippen LogP contribution is 2.73. The van der Waals surface area contributed by atoms with Crippen molar-refractivity contribution in [2.75, 3.05) is 7.11 Å². The third-order valence-electron chi connectivity index (χ3n) is 12.3. The standard InChI is InChI=1S/C31H46O7/c1-8-29(35)14-13-27(5)21(15-29)16-30(36,19(3)32)26-23-11-10-22(18(2)9-12-25(34)38-7)28(23,6)31(37,20(4)33)17-24(26)27/h1,18,21-24,26,35-37H,9-17H2,2-7H3/t18-,21+,22-,23+,24+,26+,27+,28-,29-,30+,31-/m1/s1. The highest BCUT2D eigenvalue weighted by Gasteiger charge is 2.75. The van der Waals surface area contributed by atoms with Gasteiger partial charge in [0, 0.05) is 17.8 Å². The minimum Gasteiger partial charge on any atom is -0.469 e. The van der Waals surface area contributed by atoms with Gasteiger partial charge in [-0.25, -0.2) is 0 Å². The molecule has 0 spiro atoms. The number of carbonyl (C=O) groups is 3. The van der Waals surface area contributed by atoms with E-state index in [1.54, 1.807) is 0 Å². The molecular weight excluding hydrogens is 484 g/mol. The molecule has 4 aliphatic carbocycles. The molecule has 4 fully saturated rings. The minimum atomic E-state index is -1.64. The van der Waals surface area contributed by atoms with Crippen LogP contribution in [0.5, 0.6) is 0 Å². The predicted molar refractivity (Wildman–Crippen MR) is 141 cm³/mol. The summed E-state index contributed by atoms with van der Waals surface area (Å²) >= 11 is 0. The van der Waals surface area contributed by atoms with Gasteiger partial charge in [0.1, 0.15) is 16.8 Å². The third-order valence-corrected chi connectivity index (χ3v) is 12.3. The Kier molecular flexibility index (Phi) is 7.25. The number of rotatable bonds is 6. The summed E-state index contributed by atoms with van der Waals surface area (Å²) in [5.74, 6) is 0.452. The molecule has 0 aliphatic heterocycles. The summed E-state index contributed by atoms with van der Waals surface area (Å²) in [5.41, 5.74) is -5.81. The number of methoxy groups -OCH3 is 1. The molecule has 0 aromatic carbocycles. The van der Waals surface area contributed by atoms with Gasteiger partial charge < -0.3 is 20.1 Å². The van der Waals surface area contributed by atoms with Crippen molar-refractivity contribution in [3.05, 3.63) is 0 Å². The number of terminal acetylenes is 1. The van der Waals surface area contributed by atoms with Crippen molar-refractivity contribution < 1.29 is 34.4 Å². The topological polar surface area (TPSA) is 121 Å². The van der Waals surface area contributed by atoms with Crippen molar-refractivity contribution in [3.8, 4) is 12.3 Å². The molecule has 11 atom stereocenters. The second-order valence-corrected chi connectivity index (χ2v) is 13.7. The van der Waals surface area contributed by atoms with Gasteiger partial charge in [0.2, 0.25) is 0 Å². The molecule has 0 saturated heterocycles. The maximum absolute atomic E-state index is 13.4. The molecule has 0 unspecified atom stereocenters. The van der Waals surface area contributed by atoms with E-state index in [0.29, 0.717) is 25.7 Å². The molecule has 7 nitrogen and oxygen atoms in total. The summed E-state index contributed by atoms with van der Waals surface area (Å²) in [7, 11) is 1.37. The van der Waals surface area contributed by atoms with E-state index in [2.05, 4.69) is 19.8 Å². The maximum Gasteiger partial charge on any atom is 0.305 e. The summed E-state index contributed by atoms with van der Waals surface area (Å²) in [6.45, 7) is 9.07. The van der Waals surface area contributed by atoms with Crippen molar-refractivity contribution >= 4 is 17.5 Å². The Bertz CT molecular complexity index is 1050. The summed E-state index contributed by atoms with van der Waals surface area (Å²) in [6.07, 6.45) is 9.62. The molecule has 212 valence electrons. The van der Waals surface area contributed by atoms with Gasteiger partial charge in [0.15, 0.2) is 11.6 Å². The van der Waals surface area contributed by atoms with Crippen LogP contribution in [0.1, 0.15) is 92.4 Å². The van der Waals surface area contributed by atoms with Crippen LogP contribution in [-0.2, 0) is 19.1 Å². The Balaban J connectivity index is 1.82. The average molecular weight is 531 g/mol. The number of carbonyl (C=O) groups excluding carboxylic acids is 3. The summed E-state index contributed by atoms with van der Waals surface area (Å²) in [5, 5.41) is 35.6. The number of aliphatic hydroxyl groups is 3. The van der Waals surface area contributed by atoms with E-state index in [4.69, 9.17) is 11.2 Å². The van der Waals surface area contributed by atoms with Crippen LogP contribution in [0.15, 0.2) is 0 Å². The van der Waals surface area contributed by atoms with Crippen molar-refractivity contribution in [2.24, 2.45) is 46.3 Å². The van der Waals surface area contributed by atoms with Crippen molar-refractivity contribution in [3.63, 3.8) is 0 Å². The molecule has 7 heteroatoms. The van der Waals surface area contributed by atoms with Crippen LogP contribution in [0.2, 0.25) is 0 Å². The normalized spacial score (nSPS) is 48.6. The van der Waals surface area contributed by atoms with E-state index in [1.807, 2.05) is 6.92 Å². The van der Waals surface area contributed by atoms with Crippen molar-refractivity contribution in [2.45, 2.75) is 109 Å². The summed E-state index contributed by atoms with van der Waals surface area (Å²) in [4.78, 5) is 38.6. The van der Waals surface area contributed by atoms with Gasteiger partial charge in [0.05, 0.1) is 7.11 Å². The molecule has 3 N–H and O–H groups in total. The van der Waals surface area contributed by atoms with E-state index in [9.17, 15) is 29.7 Å². The fourth-order valence-electron chi connectivity index (χ4n) is 9.94.